The number of amides is 3. The summed E-state index contributed by atoms with van der Waals surface area (Å²) >= 11 is 0. The van der Waals surface area contributed by atoms with E-state index in [-0.39, 0.29) is 30.7 Å². The summed E-state index contributed by atoms with van der Waals surface area (Å²) in [6.45, 7) is 2.94. The van der Waals surface area contributed by atoms with Gasteiger partial charge < -0.3 is 10.2 Å². The minimum Gasteiger partial charge on any atom is -0.350 e. The van der Waals surface area contributed by atoms with E-state index in [0.29, 0.717) is 0 Å². The zero-order valence-electron chi connectivity index (χ0n) is 12.3. The van der Waals surface area contributed by atoms with E-state index in [1.807, 2.05) is 0 Å². The molecule has 122 valence electrons. The lowest BCUT2D eigenvalue weighted by molar-refractivity contribution is -0.137. The fraction of sp³-hybridized carbons (Fsp3) is 0.583. The first-order valence-electron chi connectivity index (χ1n) is 6.55. The third kappa shape index (κ3) is 3.15. The van der Waals surface area contributed by atoms with Crippen LogP contribution in [-0.4, -0.2) is 45.8 Å². The number of rotatable bonds is 1. The van der Waals surface area contributed by atoms with Gasteiger partial charge in [-0.25, -0.2) is 4.79 Å². The molecule has 1 aromatic rings. The predicted molar refractivity (Wildman–Crippen MR) is 71.1 cm³/mol. The van der Waals surface area contributed by atoms with Gasteiger partial charge >= 0.3 is 12.2 Å². The van der Waals surface area contributed by atoms with E-state index in [9.17, 15) is 22.8 Å². The summed E-state index contributed by atoms with van der Waals surface area (Å²) < 4.78 is 40.1. The molecule has 1 aliphatic rings. The number of alkyl halides is 3. The summed E-state index contributed by atoms with van der Waals surface area (Å²) in [6, 6.07) is -1.03. The first-order chi connectivity index (χ1) is 10.1. The minimum absolute atomic E-state index is 0.200. The van der Waals surface area contributed by atoms with Gasteiger partial charge in [0.05, 0.1) is 5.69 Å². The third-order valence-corrected chi connectivity index (χ3v) is 3.25. The van der Waals surface area contributed by atoms with Crippen molar-refractivity contribution in [2.75, 3.05) is 18.4 Å². The summed E-state index contributed by atoms with van der Waals surface area (Å²) in [5.41, 5.74) is -1.21. The molecule has 0 aromatic carbocycles. The Labute approximate surface area is 124 Å². The lowest BCUT2D eigenvalue weighted by atomic mass is 10.2. The van der Waals surface area contributed by atoms with Gasteiger partial charge in [0.25, 0.3) is 0 Å². The van der Waals surface area contributed by atoms with Crippen molar-refractivity contribution >= 4 is 17.8 Å². The first kappa shape index (κ1) is 16.1. The van der Waals surface area contributed by atoms with Crippen molar-refractivity contribution in [2.45, 2.75) is 26.1 Å². The van der Waals surface area contributed by atoms with Gasteiger partial charge in [0.1, 0.15) is 17.9 Å². The summed E-state index contributed by atoms with van der Waals surface area (Å²) in [5.74, 6) is -0.792. The van der Waals surface area contributed by atoms with Crippen molar-refractivity contribution in [2.24, 2.45) is 7.05 Å². The zero-order valence-corrected chi connectivity index (χ0v) is 12.3. The molecule has 1 fully saturated rings. The summed E-state index contributed by atoms with van der Waals surface area (Å²) in [6.07, 6.45) is -4.63. The van der Waals surface area contributed by atoms with Gasteiger partial charge in [-0.3, -0.25) is 14.8 Å². The molecule has 1 atom stereocenters. The van der Waals surface area contributed by atoms with Gasteiger partial charge in [0.2, 0.25) is 5.91 Å². The van der Waals surface area contributed by atoms with E-state index < -0.39 is 23.6 Å². The van der Waals surface area contributed by atoms with E-state index in [4.69, 9.17) is 0 Å². The molecule has 1 aromatic heterocycles. The summed E-state index contributed by atoms with van der Waals surface area (Å²) in [4.78, 5) is 24.7. The van der Waals surface area contributed by atoms with E-state index in [2.05, 4.69) is 15.7 Å². The van der Waals surface area contributed by atoms with Gasteiger partial charge in [0.15, 0.2) is 0 Å². The van der Waals surface area contributed by atoms with Gasteiger partial charge in [-0.05, 0) is 13.8 Å². The Balaban J connectivity index is 2.24. The maximum Gasteiger partial charge on any atom is 0.421 e. The highest BCUT2D eigenvalue weighted by Gasteiger charge is 2.39. The van der Waals surface area contributed by atoms with Crippen molar-refractivity contribution in [1.82, 2.24) is 20.0 Å². The number of carbonyl (C=O) groups is 2. The van der Waals surface area contributed by atoms with E-state index in [1.165, 1.54) is 14.0 Å². The van der Waals surface area contributed by atoms with Crippen LogP contribution < -0.4 is 10.6 Å². The molecule has 1 unspecified atom stereocenters. The second-order valence-electron chi connectivity index (χ2n) is 5.21. The number of aromatic nitrogens is 2. The Bertz CT molecular complexity index is 611. The fourth-order valence-electron chi connectivity index (χ4n) is 2.41. The molecule has 3 amide bonds. The second-order valence-corrected chi connectivity index (χ2v) is 5.21. The number of halogens is 3. The quantitative estimate of drug-likeness (QED) is 0.813. The average molecular weight is 319 g/mol. The lowest BCUT2D eigenvalue weighted by Crippen LogP contribution is -2.55. The van der Waals surface area contributed by atoms with Crippen LogP contribution in [0.1, 0.15) is 18.2 Å². The molecular weight excluding hydrogens is 303 g/mol. The Kier molecular flexibility index (Phi) is 4.03. The van der Waals surface area contributed by atoms with Gasteiger partial charge in [0, 0.05) is 19.6 Å². The third-order valence-electron chi connectivity index (χ3n) is 3.25. The Morgan fingerprint density at radius 3 is 2.64 bits per heavy atom. The topological polar surface area (TPSA) is 79.3 Å². The molecule has 0 saturated carbocycles. The molecule has 2 N–H and O–H groups in total. The van der Waals surface area contributed by atoms with E-state index in [0.717, 1.165) is 9.58 Å². The van der Waals surface area contributed by atoms with Crippen LogP contribution in [0.4, 0.5) is 23.8 Å². The number of urea groups is 1. The van der Waals surface area contributed by atoms with Crippen molar-refractivity contribution < 1.29 is 22.8 Å². The van der Waals surface area contributed by atoms with Crippen LogP contribution >= 0.6 is 0 Å². The fourth-order valence-corrected chi connectivity index (χ4v) is 2.41. The molecule has 0 aliphatic carbocycles. The molecule has 2 rings (SSSR count). The van der Waals surface area contributed by atoms with Gasteiger partial charge in [-0.15, -0.1) is 0 Å². The number of carbonyl (C=O) groups excluding carboxylic acids is 2. The number of hydrogen-bond acceptors (Lipinski definition) is 3. The van der Waals surface area contributed by atoms with Crippen molar-refractivity contribution in [3.8, 4) is 0 Å². The van der Waals surface area contributed by atoms with Crippen LogP contribution in [0.2, 0.25) is 0 Å². The van der Waals surface area contributed by atoms with Crippen LogP contribution in [0.25, 0.3) is 0 Å². The van der Waals surface area contributed by atoms with Crippen LogP contribution in [0.5, 0.6) is 0 Å². The molecule has 2 heterocycles. The predicted octanol–water partition coefficient (Wildman–Crippen LogP) is 1.10. The largest absolute Gasteiger partial charge is 0.421 e. The highest BCUT2D eigenvalue weighted by atomic mass is 19.4. The van der Waals surface area contributed by atoms with Crippen LogP contribution in [0.3, 0.4) is 0 Å². The van der Waals surface area contributed by atoms with Crippen LogP contribution in [0.15, 0.2) is 0 Å². The first-order valence-corrected chi connectivity index (χ1v) is 6.55. The smallest absolute Gasteiger partial charge is 0.350 e. The Morgan fingerprint density at radius 2 is 2.09 bits per heavy atom. The van der Waals surface area contributed by atoms with Crippen molar-refractivity contribution in [3.05, 3.63) is 11.3 Å². The Morgan fingerprint density at radius 1 is 1.45 bits per heavy atom. The highest BCUT2D eigenvalue weighted by molar-refractivity contribution is 5.93. The normalized spacial score (nSPS) is 19.1. The number of anilines is 1. The average Bonchev–Trinajstić information content (AvgIpc) is 2.62. The summed E-state index contributed by atoms with van der Waals surface area (Å²) in [5, 5.41) is 8.52. The Hall–Kier alpha value is -2.26. The van der Waals surface area contributed by atoms with Crippen LogP contribution in [-0.2, 0) is 18.0 Å². The molecular formula is C12H16F3N5O2. The molecule has 22 heavy (non-hydrogen) atoms. The van der Waals surface area contributed by atoms with E-state index in [1.54, 1.807) is 6.92 Å². The van der Waals surface area contributed by atoms with E-state index >= 15 is 0 Å². The van der Waals surface area contributed by atoms with Crippen molar-refractivity contribution in [3.63, 3.8) is 0 Å². The maximum absolute atomic E-state index is 13.1. The highest BCUT2D eigenvalue weighted by Crippen LogP contribution is 2.37. The zero-order chi connectivity index (χ0) is 16.7. The van der Waals surface area contributed by atoms with Crippen LogP contribution in [0, 0.1) is 6.92 Å². The molecule has 0 spiro atoms. The molecule has 1 aliphatic heterocycles. The minimum atomic E-state index is -4.63. The number of nitrogens with zero attached hydrogens (tertiary/aromatic N) is 3. The standard InChI is InChI=1S/C12H16F3N5O2/c1-6-4-20(5-8(21)16-6)11(22)17-10-9(12(13,14)15)7(2)18-19(10)3/h6H,4-5H2,1-3H3,(H,16,21)(H,17,22). The maximum atomic E-state index is 13.1. The number of aryl methyl sites for hydroxylation is 2. The number of hydrogen-bond donors (Lipinski definition) is 2. The molecule has 0 bridgehead atoms. The van der Waals surface area contributed by atoms with Gasteiger partial charge in [-0.2, -0.15) is 18.3 Å². The summed E-state index contributed by atoms with van der Waals surface area (Å²) in [7, 11) is 1.31. The second kappa shape index (κ2) is 5.50. The molecule has 0 radical (unpaired) electrons. The van der Waals surface area contributed by atoms with Gasteiger partial charge in [-0.1, -0.05) is 0 Å². The molecule has 1 saturated heterocycles. The molecule has 10 heteroatoms. The van der Waals surface area contributed by atoms with Crippen molar-refractivity contribution in [1.29, 1.82) is 0 Å². The lowest BCUT2D eigenvalue weighted by Gasteiger charge is -2.31. The monoisotopic (exact) mass is 319 g/mol. The number of piperazine rings is 1. The molecule has 7 nitrogen and oxygen atoms in total. The SMILES string of the molecule is Cc1nn(C)c(NC(=O)N2CC(=O)NC(C)C2)c1C(F)(F)F. The number of nitrogens with one attached hydrogen (secondary N) is 2.